The molecule has 22 heavy (non-hydrogen) atoms. The third kappa shape index (κ3) is 4.02. The zero-order valence-electron chi connectivity index (χ0n) is 11.4. The number of benzene rings is 2. The average molecular weight is 323 g/mol. The number of nitrogens with zero attached hydrogens (tertiary/aromatic N) is 2. The summed E-state index contributed by atoms with van der Waals surface area (Å²) in [4.78, 5) is 14.1. The predicted octanol–water partition coefficient (Wildman–Crippen LogP) is 3.75. The van der Waals surface area contributed by atoms with E-state index in [0.717, 1.165) is 11.6 Å². The van der Waals surface area contributed by atoms with Crippen LogP contribution in [0.15, 0.2) is 41.4 Å². The zero-order chi connectivity index (χ0) is 16.1. The van der Waals surface area contributed by atoms with Gasteiger partial charge in [-0.1, -0.05) is 23.7 Å². The molecule has 0 aliphatic heterocycles. The van der Waals surface area contributed by atoms with E-state index in [-0.39, 0.29) is 16.4 Å². The molecule has 0 unspecified atom stereocenters. The van der Waals surface area contributed by atoms with Crippen LogP contribution in [-0.4, -0.2) is 22.8 Å². The van der Waals surface area contributed by atoms with Gasteiger partial charge in [-0.25, -0.2) is 4.39 Å². The standard InChI is InChI=1S/C15H12ClFN2O3/c16-12-7-11(15(20)14(8-12)19(21)22)9-18-5-4-10-2-1-3-13(17)6-10/h1-3,6-9,20H,4-5H2. The molecule has 0 spiro atoms. The van der Waals surface area contributed by atoms with Gasteiger partial charge in [0.05, 0.1) is 4.92 Å². The Hall–Kier alpha value is -2.47. The van der Waals surface area contributed by atoms with E-state index in [1.807, 2.05) is 0 Å². The highest BCUT2D eigenvalue weighted by atomic mass is 35.5. The van der Waals surface area contributed by atoms with Gasteiger partial charge in [0, 0.05) is 29.4 Å². The van der Waals surface area contributed by atoms with Crippen LogP contribution in [0.2, 0.25) is 5.02 Å². The van der Waals surface area contributed by atoms with Crippen LogP contribution in [0.5, 0.6) is 5.75 Å². The second kappa shape index (κ2) is 7.00. The monoisotopic (exact) mass is 322 g/mol. The van der Waals surface area contributed by atoms with Gasteiger partial charge in [-0.2, -0.15) is 0 Å². The topological polar surface area (TPSA) is 75.7 Å². The van der Waals surface area contributed by atoms with Gasteiger partial charge >= 0.3 is 5.69 Å². The van der Waals surface area contributed by atoms with E-state index in [1.54, 1.807) is 12.1 Å². The number of hydrogen-bond acceptors (Lipinski definition) is 4. The first kappa shape index (κ1) is 15.9. The molecule has 1 N–H and O–H groups in total. The Morgan fingerprint density at radius 3 is 2.82 bits per heavy atom. The lowest BCUT2D eigenvalue weighted by Gasteiger charge is -2.02. The van der Waals surface area contributed by atoms with Crippen molar-refractivity contribution in [2.45, 2.75) is 6.42 Å². The fourth-order valence-corrected chi connectivity index (χ4v) is 2.11. The molecule has 2 aromatic rings. The average Bonchev–Trinajstić information content (AvgIpc) is 2.46. The number of phenols is 1. The normalized spacial score (nSPS) is 11.0. The third-order valence-electron chi connectivity index (χ3n) is 2.93. The van der Waals surface area contributed by atoms with Crippen LogP contribution in [0.25, 0.3) is 0 Å². The summed E-state index contributed by atoms with van der Waals surface area (Å²) in [6.07, 6.45) is 1.82. The van der Waals surface area contributed by atoms with Gasteiger partial charge in [-0.15, -0.1) is 0 Å². The van der Waals surface area contributed by atoms with Crippen molar-refractivity contribution in [1.82, 2.24) is 0 Å². The maximum atomic E-state index is 13.0. The molecule has 5 nitrogen and oxygen atoms in total. The van der Waals surface area contributed by atoms with E-state index in [2.05, 4.69) is 4.99 Å². The third-order valence-corrected chi connectivity index (χ3v) is 3.15. The highest BCUT2D eigenvalue weighted by Gasteiger charge is 2.17. The number of halogens is 2. The summed E-state index contributed by atoms with van der Waals surface area (Å²) in [5.74, 6) is -0.798. The molecule has 0 bridgehead atoms. The molecular weight excluding hydrogens is 311 g/mol. The van der Waals surface area contributed by atoms with Gasteiger partial charge in [-0.3, -0.25) is 15.1 Å². The summed E-state index contributed by atoms with van der Waals surface area (Å²) in [5.41, 5.74) is 0.482. The Bertz CT molecular complexity index is 735. The first-order valence-corrected chi connectivity index (χ1v) is 6.76. The number of rotatable bonds is 5. The van der Waals surface area contributed by atoms with Gasteiger partial charge in [0.2, 0.25) is 5.75 Å². The molecule has 2 rings (SSSR count). The molecule has 0 amide bonds. The van der Waals surface area contributed by atoms with Gasteiger partial charge < -0.3 is 5.11 Å². The Balaban J connectivity index is 2.09. The SMILES string of the molecule is O=[N+]([O-])c1cc(Cl)cc(C=NCCc2cccc(F)c2)c1O. The van der Waals surface area contributed by atoms with E-state index in [4.69, 9.17) is 11.6 Å². The first-order chi connectivity index (χ1) is 10.5. The summed E-state index contributed by atoms with van der Waals surface area (Å²) < 4.78 is 13.0. The van der Waals surface area contributed by atoms with Gasteiger partial charge in [0.1, 0.15) is 5.82 Å². The Labute approximate surface area is 130 Å². The molecule has 7 heteroatoms. The van der Waals surface area contributed by atoms with Crippen LogP contribution >= 0.6 is 11.6 Å². The van der Waals surface area contributed by atoms with Crippen molar-refractivity contribution in [3.63, 3.8) is 0 Å². The summed E-state index contributed by atoms with van der Waals surface area (Å²) in [6.45, 7) is 0.350. The molecule has 0 aliphatic carbocycles. The number of nitro groups is 1. The minimum Gasteiger partial charge on any atom is -0.502 e. The van der Waals surface area contributed by atoms with Gasteiger partial charge in [0.25, 0.3) is 0 Å². The molecule has 0 heterocycles. The lowest BCUT2D eigenvalue weighted by molar-refractivity contribution is -0.385. The van der Waals surface area contributed by atoms with E-state index >= 15 is 0 Å². The molecular formula is C15H12ClFN2O3. The molecule has 0 saturated carbocycles. The fraction of sp³-hybridized carbons (Fsp3) is 0.133. The summed E-state index contributed by atoms with van der Waals surface area (Å²) in [6, 6.07) is 8.62. The molecule has 2 aromatic carbocycles. The maximum Gasteiger partial charge on any atom is 0.312 e. The number of aliphatic imine (C=N–C) groups is 1. The molecule has 0 radical (unpaired) electrons. The Kier molecular flexibility index (Phi) is 5.06. The molecule has 0 aliphatic rings. The second-order valence-corrected chi connectivity index (χ2v) is 4.97. The number of hydrogen-bond donors (Lipinski definition) is 1. The molecule has 114 valence electrons. The molecule has 0 fully saturated rings. The van der Waals surface area contributed by atoms with Crippen LogP contribution in [-0.2, 0) is 6.42 Å². The van der Waals surface area contributed by atoms with Gasteiger partial charge in [0.15, 0.2) is 0 Å². The molecule has 0 saturated heterocycles. The highest BCUT2D eigenvalue weighted by Crippen LogP contribution is 2.32. The van der Waals surface area contributed by atoms with Crippen molar-refractivity contribution < 1.29 is 14.4 Å². The number of aromatic hydroxyl groups is 1. The number of nitro benzene ring substituents is 1. The van der Waals surface area contributed by atoms with Crippen LogP contribution in [0, 0.1) is 15.9 Å². The minimum absolute atomic E-state index is 0.135. The summed E-state index contributed by atoms with van der Waals surface area (Å²) in [7, 11) is 0. The van der Waals surface area contributed by atoms with Gasteiger partial charge in [-0.05, 0) is 30.2 Å². The summed E-state index contributed by atoms with van der Waals surface area (Å²) >= 11 is 5.77. The predicted molar refractivity (Wildman–Crippen MR) is 82.3 cm³/mol. The maximum absolute atomic E-state index is 13.0. The van der Waals surface area contributed by atoms with Crippen molar-refractivity contribution in [2.24, 2.45) is 4.99 Å². The Morgan fingerprint density at radius 2 is 2.14 bits per heavy atom. The molecule has 0 atom stereocenters. The van der Waals surface area contributed by atoms with Crippen molar-refractivity contribution in [3.8, 4) is 5.75 Å². The smallest absolute Gasteiger partial charge is 0.312 e. The van der Waals surface area contributed by atoms with Crippen molar-refractivity contribution in [1.29, 1.82) is 0 Å². The van der Waals surface area contributed by atoms with E-state index in [9.17, 15) is 19.6 Å². The summed E-state index contributed by atoms with van der Waals surface area (Å²) in [5, 5.41) is 20.7. The lowest BCUT2D eigenvalue weighted by Crippen LogP contribution is -1.94. The number of phenolic OH excluding ortho intramolecular Hbond substituents is 1. The fourth-order valence-electron chi connectivity index (χ4n) is 1.89. The van der Waals surface area contributed by atoms with Crippen LogP contribution in [0.1, 0.15) is 11.1 Å². The van der Waals surface area contributed by atoms with Crippen molar-refractivity contribution in [2.75, 3.05) is 6.54 Å². The largest absolute Gasteiger partial charge is 0.502 e. The minimum atomic E-state index is -0.717. The van der Waals surface area contributed by atoms with E-state index in [1.165, 1.54) is 24.4 Å². The Morgan fingerprint density at radius 1 is 1.36 bits per heavy atom. The van der Waals surface area contributed by atoms with Crippen molar-refractivity contribution >= 4 is 23.5 Å². The first-order valence-electron chi connectivity index (χ1n) is 6.38. The lowest BCUT2D eigenvalue weighted by atomic mass is 10.1. The quantitative estimate of drug-likeness (QED) is 0.517. The second-order valence-electron chi connectivity index (χ2n) is 4.54. The van der Waals surface area contributed by atoms with Crippen LogP contribution in [0.3, 0.4) is 0 Å². The van der Waals surface area contributed by atoms with Crippen LogP contribution < -0.4 is 0 Å². The van der Waals surface area contributed by atoms with E-state index in [0.29, 0.717) is 13.0 Å². The van der Waals surface area contributed by atoms with Crippen molar-refractivity contribution in [3.05, 3.63) is 68.5 Å². The van der Waals surface area contributed by atoms with Crippen LogP contribution in [0.4, 0.5) is 10.1 Å². The van der Waals surface area contributed by atoms with E-state index < -0.39 is 16.4 Å². The highest BCUT2D eigenvalue weighted by molar-refractivity contribution is 6.31. The molecule has 0 aromatic heterocycles. The zero-order valence-corrected chi connectivity index (χ0v) is 12.1.